The van der Waals surface area contributed by atoms with Gasteiger partial charge in [0.05, 0.1) is 18.0 Å². The van der Waals surface area contributed by atoms with Gasteiger partial charge in [0.2, 0.25) is 15.9 Å². The lowest BCUT2D eigenvalue weighted by atomic mass is 10.2. The first-order valence-electron chi connectivity index (χ1n) is 5.88. The summed E-state index contributed by atoms with van der Waals surface area (Å²) in [5, 5.41) is 2.48. The molecule has 0 bridgehead atoms. The van der Waals surface area contributed by atoms with E-state index in [1.54, 1.807) is 0 Å². The van der Waals surface area contributed by atoms with Crippen LogP contribution in [0.4, 0.5) is 4.39 Å². The lowest BCUT2D eigenvalue weighted by Gasteiger charge is -2.08. The first-order valence-corrected chi connectivity index (χ1v) is 7.36. The van der Waals surface area contributed by atoms with Crippen molar-refractivity contribution in [2.45, 2.75) is 11.8 Å². The van der Waals surface area contributed by atoms with Gasteiger partial charge in [0.1, 0.15) is 5.82 Å². The van der Waals surface area contributed by atoms with Gasteiger partial charge >= 0.3 is 0 Å². The molecule has 6 nitrogen and oxygen atoms in total. The van der Waals surface area contributed by atoms with E-state index in [0.29, 0.717) is 13.2 Å². The molecule has 0 heterocycles. The fourth-order valence-corrected chi connectivity index (χ4v) is 2.45. The van der Waals surface area contributed by atoms with E-state index in [4.69, 9.17) is 4.74 Å². The van der Waals surface area contributed by atoms with Crippen LogP contribution < -0.4 is 10.0 Å². The molecule has 20 heavy (non-hydrogen) atoms. The Morgan fingerprint density at radius 2 is 2.10 bits per heavy atom. The molecule has 0 saturated carbocycles. The molecule has 1 rings (SSSR count). The first-order chi connectivity index (χ1) is 9.36. The van der Waals surface area contributed by atoms with Crippen molar-refractivity contribution in [3.8, 4) is 0 Å². The SMILES string of the molecule is COCCNC(=O)CNS(=O)(=O)c1ccc(F)c(C)c1. The number of halogens is 1. The lowest BCUT2D eigenvalue weighted by molar-refractivity contribution is -0.120. The van der Waals surface area contributed by atoms with E-state index in [2.05, 4.69) is 10.0 Å². The van der Waals surface area contributed by atoms with Gasteiger partial charge in [-0.15, -0.1) is 0 Å². The van der Waals surface area contributed by atoms with E-state index >= 15 is 0 Å². The third-order valence-electron chi connectivity index (χ3n) is 2.49. The molecule has 1 aromatic carbocycles. The summed E-state index contributed by atoms with van der Waals surface area (Å²) in [5.74, 6) is -0.953. The molecule has 0 atom stereocenters. The van der Waals surface area contributed by atoms with Crippen molar-refractivity contribution >= 4 is 15.9 Å². The van der Waals surface area contributed by atoms with Crippen molar-refractivity contribution in [2.24, 2.45) is 0 Å². The number of hydrogen-bond acceptors (Lipinski definition) is 4. The monoisotopic (exact) mass is 304 g/mol. The number of hydrogen-bond donors (Lipinski definition) is 2. The van der Waals surface area contributed by atoms with Gasteiger partial charge in [-0.25, -0.2) is 17.5 Å². The van der Waals surface area contributed by atoms with Crippen LogP contribution in [-0.2, 0) is 19.6 Å². The largest absolute Gasteiger partial charge is 0.383 e. The van der Waals surface area contributed by atoms with Crippen LogP contribution in [0.15, 0.2) is 23.1 Å². The molecule has 0 radical (unpaired) electrons. The highest BCUT2D eigenvalue weighted by Crippen LogP contribution is 2.13. The van der Waals surface area contributed by atoms with Crippen molar-refractivity contribution in [3.05, 3.63) is 29.6 Å². The zero-order valence-corrected chi connectivity index (χ0v) is 12.1. The zero-order valence-electron chi connectivity index (χ0n) is 11.3. The van der Waals surface area contributed by atoms with Gasteiger partial charge in [-0.1, -0.05) is 0 Å². The van der Waals surface area contributed by atoms with Crippen LogP contribution in [0.1, 0.15) is 5.56 Å². The van der Waals surface area contributed by atoms with Gasteiger partial charge in [-0.2, -0.15) is 0 Å². The summed E-state index contributed by atoms with van der Waals surface area (Å²) in [7, 11) is -2.34. The average molecular weight is 304 g/mol. The van der Waals surface area contributed by atoms with Crippen molar-refractivity contribution < 1.29 is 22.3 Å². The molecule has 8 heteroatoms. The van der Waals surface area contributed by atoms with Crippen LogP contribution in [0.25, 0.3) is 0 Å². The number of sulfonamides is 1. The third kappa shape index (κ3) is 4.87. The Labute approximate surface area is 117 Å². The number of aryl methyl sites for hydroxylation is 1. The molecule has 0 aliphatic carbocycles. The molecular weight excluding hydrogens is 287 g/mol. The third-order valence-corrected chi connectivity index (χ3v) is 3.89. The van der Waals surface area contributed by atoms with E-state index in [0.717, 1.165) is 12.1 Å². The molecule has 0 aliphatic rings. The summed E-state index contributed by atoms with van der Waals surface area (Å²) in [6.07, 6.45) is 0. The van der Waals surface area contributed by atoms with E-state index in [1.165, 1.54) is 20.1 Å². The minimum Gasteiger partial charge on any atom is -0.383 e. The van der Waals surface area contributed by atoms with E-state index in [-0.39, 0.29) is 17.0 Å². The second-order valence-corrected chi connectivity index (χ2v) is 5.85. The molecule has 1 amide bonds. The summed E-state index contributed by atoms with van der Waals surface area (Å²) >= 11 is 0. The van der Waals surface area contributed by atoms with Crippen molar-refractivity contribution in [1.82, 2.24) is 10.0 Å². The molecule has 0 unspecified atom stereocenters. The van der Waals surface area contributed by atoms with Gasteiger partial charge in [-0.05, 0) is 30.7 Å². The first kappa shape index (κ1) is 16.5. The molecular formula is C12H17FN2O4S. The second kappa shape index (κ2) is 7.32. The standard InChI is InChI=1S/C12H17FN2O4S/c1-9-7-10(3-4-11(9)13)20(17,18)15-8-12(16)14-5-6-19-2/h3-4,7,15H,5-6,8H2,1-2H3,(H,14,16). The summed E-state index contributed by atoms with van der Waals surface area (Å²) in [5.41, 5.74) is 0.220. The van der Waals surface area contributed by atoms with Crippen LogP contribution in [0.2, 0.25) is 0 Å². The Bertz CT molecular complexity index is 575. The Balaban J connectivity index is 2.61. The maximum Gasteiger partial charge on any atom is 0.241 e. The van der Waals surface area contributed by atoms with Gasteiger partial charge in [0, 0.05) is 13.7 Å². The maximum absolute atomic E-state index is 13.1. The Hall–Kier alpha value is -1.51. The van der Waals surface area contributed by atoms with Gasteiger partial charge in [0.15, 0.2) is 0 Å². The molecule has 0 fully saturated rings. The Morgan fingerprint density at radius 1 is 1.40 bits per heavy atom. The number of nitrogens with one attached hydrogen (secondary N) is 2. The molecule has 112 valence electrons. The van der Waals surface area contributed by atoms with Crippen LogP contribution in [-0.4, -0.2) is 41.1 Å². The van der Waals surface area contributed by atoms with Crippen LogP contribution in [0.5, 0.6) is 0 Å². The molecule has 0 saturated heterocycles. The molecule has 0 aliphatic heterocycles. The molecule has 0 aromatic heterocycles. The zero-order chi connectivity index (χ0) is 15.2. The second-order valence-electron chi connectivity index (χ2n) is 4.08. The van der Waals surface area contributed by atoms with Crippen molar-refractivity contribution in [3.63, 3.8) is 0 Å². The quantitative estimate of drug-likeness (QED) is 0.704. The predicted octanol–water partition coefficient (Wildman–Crippen LogP) is 0.175. The molecule has 0 spiro atoms. The minimum atomic E-state index is -3.83. The normalized spacial score (nSPS) is 11.3. The molecule has 2 N–H and O–H groups in total. The predicted molar refractivity (Wildman–Crippen MR) is 71.2 cm³/mol. The highest BCUT2D eigenvalue weighted by molar-refractivity contribution is 7.89. The topological polar surface area (TPSA) is 84.5 Å². The number of benzene rings is 1. The Kier molecular flexibility index (Phi) is 6.05. The number of carbonyl (C=O) groups excluding carboxylic acids is 1. The number of amides is 1. The number of rotatable bonds is 7. The van der Waals surface area contributed by atoms with E-state index in [9.17, 15) is 17.6 Å². The van der Waals surface area contributed by atoms with Crippen LogP contribution >= 0.6 is 0 Å². The van der Waals surface area contributed by atoms with Crippen LogP contribution in [0.3, 0.4) is 0 Å². The van der Waals surface area contributed by atoms with Gasteiger partial charge in [-0.3, -0.25) is 4.79 Å². The van der Waals surface area contributed by atoms with E-state index < -0.39 is 21.7 Å². The average Bonchev–Trinajstić information content (AvgIpc) is 2.40. The maximum atomic E-state index is 13.1. The van der Waals surface area contributed by atoms with Crippen molar-refractivity contribution in [1.29, 1.82) is 0 Å². The van der Waals surface area contributed by atoms with Gasteiger partial charge in [0.25, 0.3) is 0 Å². The highest BCUT2D eigenvalue weighted by Gasteiger charge is 2.16. The van der Waals surface area contributed by atoms with Crippen molar-refractivity contribution in [2.75, 3.05) is 26.8 Å². The smallest absolute Gasteiger partial charge is 0.241 e. The van der Waals surface area contributed by atoms with Gasteiger partial charge < -0.3 is 10.1 Å². The Morgan fingerprint density at radius 3 is 2.70 bits per heavy atom. The summed E-state index contributed by atoms with van der Waals surface area (Å²) in [6, 6.07) is 3.43. The number of ether oxygens (including phenoxy) is 1. The number of methoxy groups -OCH3 is 1. The van der Waals surface area contributed by atoms with Crippen LogP contribution in [0, 0.1) is 12.7 Å². The summed E-state index contributed by atoms with van der Waals surface area (Å²) in [4.78, 5) is 11.3. The minimum absolute atomic E-state index is 0.0823. The summed E-state index contributed by atoms with van der Waals surface area (Å²) in [6.45, 7) is 1.72. The summed E-state index contributed by atoms with van der Waals surface area (Å²) < 4.78 is 43.8. The fourth-order valence-electron chi connectivity index (χ4n) is 1.38. The van der Waals surface area contributed by atoms with E-state index in [1.807, 2.05) is 0 Å². The lowest BCUT2D eigenvalue weighted by Crippen LogP contribution is -2.38. The molecule has 1 aromatic rings. The highest BCUT2D eigenvalue weighted by atomic mass is 32.2. The number of carbonyl (C=O) groups is 1. The fraction of sp³-hybridized carbons (Fsp3) is 0.417.